The van der Waals surface area contributed by atoms with E-state index in [-0.39, 0.29) is 5.56 Å². The molecule has 0 radical (unpaired) electrons. The van der Waals surface area contributed by atoms with Crippen LogP contribution in [0, 0.1) is 6.92 Å². The number of H-pyrrole nitrogens is 1. The maximum Gasteiger partial charge on any atom is 0.251 e. The Morgan fingerprint density at radius 3 is 2.35 bits per heavy atom. The molecular formula is C22H25N5O3S. The Labute approximate surface area is 181 Å². The lowest BCUT2D eigenvalue weighted by Crippen LogP contribution is -2.48. The van der Waals surface area contributed by atoms with Crippen LogP contribution in [0.15, 0.2) is 58.4 Å². The Morgan fingerprint density at radius 2 is 1.74 bits per heavy atom. The van der Waals surface area contributed by atoms with Gasteiger partial charge in [-0.15, -0.1) is 0 Å². The number of aromatic amines is 1. The van der Waals surface area contributed by atoms with Crippen LogP contribution in [0.2, 0.25) is 0 Å². The van der Waals surface area contributed by atoms with Crippen molar-refractivity contribution in [3.05, 3.63) is 70.3 Å². The van der Waals surface area contributed by atoms with Crippen LogP contribution in [-0.4, -0.2) is 53.9 Å². The van der Waals surface area contributed by atoms with Gasteiger partial charge in [-0.05, 0) is 37.6 Å². The lowest BCUT2D eigenvalue weighted by Gasteiger charge is -2.34. The number of hydrogen-bond donors (Lipinski definition) is 1. The van der Waals surface area contributed by atoms with E-state index in [1.54, 1.807) is 18.3 Å². The van der Waals surface area contributed by atoms with Crippen molar-refractivity contribution in [2.24, 2.45) is 0 Å². The van der Waals surface area contributed by atoms with Crippen LogP contribution in [0.4, 0.5) is 5.82 Å². The molecule has 1 fully saturated rings. The molecule has 1 aromatic carbocycles. The molecule has 0 amide bonds. The zero-order valence-corrected chi connectivity index (χ0v) is 18.4. The Balaban J connectivity index is 1.45. The first-order valence-corrected chi connectivity index (χ1v) is 11.7. The van der Waals surface area contributed by atoms with Gasteiger partial charge in [0.25, 0.3) is 5.56 Å². The number of anilines is 1. The SMILES string of the molecule is CCc1cc(=O)[nH]c(-c2ccc(N3CCN(S(=O)(=O)c4ccc(C)cc4)CC3)nc2)n1. The Bertz CT molecular complexity index is 1210. The minimum absolute atomic E-state index is 0.183. The monoisotopic (exact) mass is 439 g/mol. The van der Waals surface area contributed by atoms with E-state index in [2.05, 4.69) is 19.9 Å². The molecule has 8 nitrogen and oxygen atoms in total. The molecule has 4 rings (SSSR count). The van der Waals surface area contributed by atoms with Crippen molar-refractivity contribution in [2.45, 2.75) is 25.2 Å². The van der Waals surface area contributed by atoms with Crippen molar-refractivity contribution < 1.29 is 8.42 Å². The lowest BCUT2D eigenvalue weighted by atomic mass is 10.2. The van der Waals surface area contributed by atoms with E-state index >= 15 is 0 Å². The molecule has 9 heteroatoms. The molecule has 2 aromatic heterocycles. The fraction of sp³-hybridized carbons (Fsp3) is 0.318. The van der Waals surface area contributed by atoms with Crippen molar-refractivity contribution in [3.8, 4) is 11.4 Å². The van der Waals surface area contributed by atoms with Crippen molar-refractivity contribution >= 4 is 15.8 Å². The van der Waals surface area contributed by atoms with Crippen LogP contribution >= 0.6 is 0 Å². The molecule has 0 spiro atoms. The smallest absolute Gasteiger partial charge is 0.251 e. The van der Waals surface area contributed by atoms with Gasteiger partial charge in [-0.1, -0.05) is 24.6 Å². The van der Waals surface area contributed by atoms with Crippen LogP contribution in [0.3, 0.4) is 0 Å². The second-order valence-electron chi connectivity index (χ2n) is 7.55. The molecule has 3 heterocycles. The Kier molecular flexibility index (Phi) is 5.88. The topological polar surface area (TPSA) is 99.3 Å². The third-order valence-electron chi connectivity index (χ3n) is 5.40. The zero-order valence-electron chi connectivity index (χ0n) is 17.6. The van der Waals surface area contributed by atoms with Gasteiger partial charge >= 0.3 is 0 Å². The number of hydrogen-bond acceptors (Lipinski definition) is 6. The van der Waals surface area contributed by atoms with E-state index in [9.17, 15) is 13.2 Å². The highest BCUT2D eigenvalue weighted by Crippen LogP contribution is 2.22. The average molecular weight is 440 g/mol. The first-order chi connectivity index (χ1) is 14.9. The number of aromatic nitrogens is 3. The highest BCUT2D eigenvalue weighted by molar-refractivity contribution is 7.89. The molecule has 31 heavy (non-hydrogen) atoms. The van der Waals surface area contributed by atoms with Gasteiger partial charge < -0.3 is 9.88 Å². The Hall–Kier alpha value is -3.04. The van der Waals surface area contributed by atoms with Gasteiger partial charge in [-0.3, -0.25) is 4.79 Å². The molecule has 0 saturated carbocycles. The highest BCUT2D eigenvalue weighted by Gasteiger charge is 2.28. The summed E-state index contributed by atoms with van der Waals surface area (Å²) in [7, 11) is -3.49. The second kappa shape index (κ2) is 8.60. The van der Waals surface area contributed by atoms with E-state index in [0.717, 1.165) is 22.6 Å². The predicted octanol–water partition coefficient (Wildman–Crippen LogP) is 2.21. The number of benzene rings is 1. The number of rotatable bonds is 5. The van der Waals surface area contributed by atoms with Gasteiger partial charge in [0.1, 0.15) is 11.6 Å². The summed E-state index contributed by atoms with van der Waals surface area (Å²) < 4.78 is 27.3. The Morgan fingerprint density at radius 1 is 1.03 bits per heavy atom. The highest BCUT2D eigenvalue weighted by atomic mass is 32.2. The summed E-state index contributed by atoms with van der Waals surface area (Å²) in [5.41, 5.74) is 2.31. The van der Waals surface area contributed by atoms with E-state index in [0.29, 0.717) is 43.3 Å². The molecule has 0 aliphatic carbocycles. The summed E-state index contributed by atoms with van der Waals surface area (Å²) in [5, 5.41) is 0. The summed E-state index contributed by atoms with van der Waals surface area (Å²) in [6.07, 6.45) is 2.36. The maximum absolute atomic E-state index is 12.9. The van der Waals surface area contributed by atoms with Crippen LogP contribution in [0.5, 0.6) is 0 Å². The molecule has 1 aliphatic heterocycles. The van der Waals surface area contributed by atoms with Gasteiger partial charge in [0.05, 0.1) is 4.90 Å². The minimum Gasteiger partial charge on any atom is -0.354 e. The van der Waals surface area contributed by atoms with Gasteiger partial charge in [-0.2, -0.15) is 4.31 Å². The fourth-order valence-electron chi connectivity index (χ4n) is 3.56. The third kappa shape index (κ3) is 4.52. The largest absolute Gasteiger partial charge is 0.354 e. The van der Waals surface area contributed by atoms with Crippen molar-refractivity contribution in [3.63, 3.8) is 0 Å². The molecule has 1 saturated heterocycles. The van der Waals surface area contributed by atoms with Crippen molar-refractivity contribution in [1.82, 2.24) is 19.3 Å². The molecule has 162 valence electrons. The van der Waals surface area contributed by atoms with Crippen LogP contribution in [0.1, 0.15) is 18.2 Å². The molecule has 1 aliphatic rings. The van der Waals surface area contributed by atoms with E-state index in [1.165, 1.54) is 10.4 Å². The molecule has 0 atom stereocenters. The molecule has 1 N–H and O–H groups in total. The van der Waals surface area contributed by atoms with Crippen LogP contribution in [0.25, 0.3) is 11.4 Å². The normalized spacial score (nSPS) is 15.2. The molecule has 0 bridgehead atoms. The predicted molar refractivity (Wildman–Crippen MR) is 120 cm³/mol. The lowest BCUT2D eigenvalue weighted by molar-refractivity contribution is 0.384. The quantitative estimate of drug-likeness (QED) is 0.654. The van der Waals surface area contributed by atoms with E-state index < -0.39 is 10.0 Å². The molecular weight excluding hydrogens is 414 g/mol. The van der Waals surface area contributed by atoms with Gasteiger partial charge in [0.2, 0.25) is 10.0 Å². The van der Waals surface area contributed by atoms with Crippen LogP contribution < -0.4 is 10.5 Å². The maximum atomic E-state index is 12.9. The number of sulfonamides is 1. The fourth-order valence-corrected chi connectivity index (χ4v) is 4.98. The summed E-state index contributed by atoms with van der Waals surface area (Å²) in [4.78, 5) is 25.9. The van der Waals surface area contributed by atoms with E-state index in [1.807, 2.05) is 38.1 Å². The number of nitrogens with one attached hydrogen (secondary N) is 1. The second-order valence-corrected chi connectivity index (χ2v) is 9.49. The number of nitrogens with zero attached hydrogens (tertiary/aromatic N) is 4. The van der Waals surface area contributed by atoms with Crippen molar-refractivity contribution in [2.75, 3.05) is 31.1 Å². The molecule has 3 aromatic rings. The zero-order chi connectivity index (χ0) is 22.0. The first kappa shape index (κ1) is 21.2. The minimum atomic E-state index is -3.49. The standard InChI is InChI=1S/C22H25N5O3S/c1-3-18-14-21(28)25-22(24-18)17-6-9-20(23-15-17)26-10-12-27(13-11-26)31(29,30)19-7-4-16(2)5-8-19/h4-9,14-15H,3,10-13H2,1-2H3,(H,24,25,28). The summed E-state index contributed by atoms with van der Waals surface area (Å²) in [5.74, 6) is 1.27. The summed E-state index contributed by atoms with van der Waals surface area (Å²) in [6, 6.07) is 12.2. The first-order valence-electron chi connectivity index (χ1n) is 10.3. The number of aryl methyl sites for hydroxylation is 2. The summed E-state index contributed by atoms with van der Waals surface area (Å²) in [6.45, 7) is 5.78. The van der Waals surface area contributed by atoms with Gasteiger partial charge in [0.15, 0.2) is 0 Å². The number of piperazine rings is 1. The summed E-state index contributed by atoms with van der Waals surface area (Å²) >= 11 is 0. The average Bonchev–Trinajstić information content (AvgIpc) is 2.79. The van der Waals surface area contributed by atoms with Crippen molar-refractivity contribution in [1.29, 1.82) is 0 Å². The van der Waals surface area contributed by atoms with E-state index in [4.69, 9.17) is 0 Å². The van der Waals surface area contributed by atoms with Gasteiger partial charge in [-0.25, -0.2) is 18.4 Å². The van der Waals surface area contributed by atoms with Crippen LogP contribution in [-0.2, 0) is 16.4 Å². The third-order valence-corrected chi connectivity index (χ3v) is 7.31. The molecule has 0 unspecified atom stereocenters. The van der Waals surface area contributed by atoms with Gasteiger partial charge in [0, 0.05) is 49.7 Å². The number of pyridine rings is 1.